The molecule has 0 aliphatic heterocycles. The van der Waals surface area contributed by atoms with Gasteiger partial charge < -0.3 is 9.84 Å². The van der Waals surface area contributed by atoms with Crippen molar-refractivity contribution in [2.75, 3.05) is 5.32 Å². The normalized spacial score (nSPS) is 11.1. The maximum absolute atomic E-state index is 12.2. The fourth-order valence-electron chi connectivity index (χ4n) is 1.71. The number of thiophene rings is 1. The first-order valence-corrected chi connectivity index (χ1v) is 8.18. The molecule has 0 atom stereocenters. The quantitative estimate of drug-likeness (QED) is 0.834. The molecule has 6 heteroatoms. The van der Waals surface area contributed by atoms with E-state index in [-0.39, 0.29) is 11.8 Å². The van der Waals surface area contributed by atoms with Crippen LogP contribution in [0.3, 0.4) is 0 Å². The molecule has 2 rings (SSSR count). The van der Waals surface area contributed by atoms with E-state index in [2.05, 4.69) is 33.3 Å². The lowest BCUT2D eigenvalue weighted by Gasteiger charge is -1.97. The summed E-state index contributed by atoms with van der Waals surface area (Å²) in [6, 6.07) is 3.62. The fourth-order valence-corrected chi connectivity index (χ4v) is 3.58. The van der Waals surface area contributed by atoms with Gasteiger partial charge in [-0.25, -0.2) is 0 Å². The first-order valence-electron chi connectivity index (χ1n) is 6.57. The van der Waals surface area contributed by atoms with E-state index < -0.39 is 0 Å². The van der Waals surface area contributed by atoms with E-state index in [0.717, 1.165) is 23.1 Å². The number of halogens is 1. The van der Waals surface area contributed by atoms with Gasteiger partial charge in [0.1, 0.15) is 5.76 Å². The molecule has 0 bridgehead atoms. The lowest BCUT2D eigenvalue weighted by atomic mass is 10.2. The summed E-state index contributed by atoms with van der Waals surface area (Å²) in [6.45, 7) is 6.15. The summed E-state index contributed by atoms with van der Waals surface area (Å²) in [5, 5.41) is 6.62. The number of carbonyl (C=O) groups is 1. The second-order valence-corrected chi connectivity index (χ2v) is 6.85. The maximum Gasteiger partial charge on any atom is 0.267 e. The van der Waals surface area contributed by atoms with Crippen LogP contribution < -0.4 is 5.32 Å². The van der Waals surface area contributed by atoms with Gasteiger partial charge in [0.2, 0.25) is 0 Å². The van der Waals surface area contributed by atoms with E-state index in [9.17, 15) is 4.79 Å². The van der Waals surface area contributed by atoms with Gasteiger partial charge in [0.05, 0.1) is 4.88 Å². The Balaban J connectivity index is 2.09. The number of hydrogen-bond donors (Lipinski definition) is 1. The summed E-state index contributed by atoms with van der Waals surface area (Å²) in [5.41, 5.74) is 0. The van der Waals surface area contributed by atoms with Crippen molar-refractivity contribution in [2.24, 2.45) is 0 Å². The number of rotatable bonds is 5. The zero-order valence-electron chi connectivity index (χ0n) is 11.7. The molecule has 0 saturated heterocycles. The highest BCUT2D eigenvalue weighted by Gasteiger charge is 2.15. The number of amides is 1. The van der Waals surface area contributed by atoms with Crippen molar-refractivity contribution in [1.82, 2.24) is 5.16 Å². The Morgan fingerprint density at radius 1 is 1.50 bits per heavy atom. The summed E-state index contributed by atoms with van der Waals surface area (Å²) < 4.78 is 6.16. The Hall–Kier alpha value is -1.14. The summed E-state index contributed by atoms with van der Waals surface area (Å²) in [7, 11) is 0. The van der Waals surface area contributed by atoms with Gasteiger partial charge in [-0.1, -0.05) is 32.3 Å². The molecular formula is C14H17BrN2O2S. The average Bonchev–Trinajstić information content (AvgIpc) is 2.98. The van der Waals surface area contributed by atoms with Crippen molar-refractivity contribution >= 4 is 39.0 Å². The molecule has 2 heterocycles. The number of carbonyl (C=O) groups excluding carboxylic acids is 1. The lowest BCUT2D eigenvalue weighted by Crippen LogP contribution is -2.10. The van der Waals surface area contributed by atoms with Crippen molar-refractivity contribution in [3.63, 3.8) is 0 Å². The third kappa shape index (κ3) is 3.49. The number of nitrogens with zero attached hydrogens (tertiary/aromatic N) is 1. The molecule has 0 aliphatic carbocycles. The second-order valence-electron chi connectivity index (χ2n) is 4.86. The SMILES string of the molecule is CCCc1sc(C(=O)Nc2cc(C(C)C)on2)cc1Br. The second kappa shape index (κ2) is 6.54. The zero-order valence-corrected chi connectivity index (χ0v) is 14.1. The standard InChI is InChI=1S/C14H17BrN2O2S/c1-4-5-11-9(15)6-12(20-11)14(18)16-13-7-10(8(2)3)19-17-13/h6-8H,4-5H2,1-3H3,(H,16,17,18). The van der Waals surface area contributed by atoms with Crippen LogP contribution in [0.15, 0.2) is 21.1 Å². The van der Waals surface area contributed by atoms with E-state index in [1.54, 1.807) is 6.07 Å². The molecule has 0 aromatic carbocycles. The Bertz CT molecular complexity index is 604. The summed E-state index contributed by atoms with van der Waals surface area (Å²) in [6.07, 6.45) is 2.03. The van der Waals surface area contributed by atoms with Gasteiger partial charge in [-0.15, -0.1) is 11.3 Å². The smallest absolute Gasteiger partial charge is 0.267 e. The highest BCUT2D eigenvalue weighted by molar-refractivity contribution is 9.10. The van der Waals surface area contributed by atoms with Gasteiger partial charge >= 0.3 is 0 Å². The molecule has 1 N–H and O–H groups in total. The number of anilines is 1. The molecule has 0 radical (unpaired) electrons. The van der Waals surface area contributed by atoms with Gasteiger partial charge in [0.25, 0.3) is 5.91 Å². The Kier molecular flexibility index (Phi) is 4.99. The molecule has 0 aliphatic rings. The van der Waals surface area contributed by atoms with Crippen LogP contribution in [0.25, 0.3) is 0 Å². The first-order chi connectivity index (χ1) is 9.51. The van der Waals surface area contributed by atoms with E-state index in [1.165, 1.54) is 16.2 Å². The summed E-state index contributed by atoms with van der Waals surface area (Å²) in [4.78, 5) is 14.0. The molecule has 108 valence electrons. The van der Waals surface area contributed by atoms with Crippen molar-refractivity contribution in [3.05, 3.63) is 32.1 Å². The zero-order chi connectivity index (χ0) is 14.7. The van der Waals surface area contributed by atoms with Gasteiger partial charge in [-0.2, -0.15) is 0 Å². The number of aromatic nitrogens is 1. The van der Waals surface area contributed by atoms with Crippen LogP contribution in [0.2, 0.25) is 0 Å². The molecule has 2 aromatic rings. The van der Waals surface area contributed by atoms with E-state index in [4.69, 9.17) is 4.52 Å². The third-order valence-corrected chi connectivity index (χ3v) is 4.96. The minimum absolute atomic E-state index is 0.151. The van der Waals surface area contributed by atoms with Crippen LogP contribution in [0.1, 0.15) is 53.4 Å². The molecule has 4 nitrogen and oxygen atoms in total. The number of nitrogens with one attached hydrogen (secondary N) is 1. The number of aryl methyl sites for hydroxylation is 1. The molecule has 0 saturated carbocycles. The van der Waals surface area contributed by atoms with Crippen LogP contribution in [0.4, 0.5) is 5.82 Å². The van der Waals surface area contributed by atoms with Crippen molar-refractivity contribution in [2.45, 2.75) is 39.5 Å². The molecule has 2 aromatic heterocycles. The molecule has 1 amide bonds. The monoisotopic (exact) mass is 356 g/mol. The fraction of sp³-hybridized carbons (Fsp3) is 0.429. The van der Waals surface area contributed by atoms with Crippen molar-refractivity contribution in [1.29, 1.82) is 0 Å². The van der Waals surface area contributed by atoms with E-state index >= 15 is 0 Å². The van der Waals surface area contributed by atoms with E-state index in [1.807, 2.05) is 19.9 Å². The summed E-state index contributed by atoms with van der Waals surface area (Å²) >= 11 is 5.00. The topological polar surface area (TPSA) is 55.1 Å². The van der Waals surface area contributed by atoms with Crippen LogP contribution in [0.5, 0.6) is 0 Å². The first kappa shape index (κ1) is 15.3. The Labute approximate surface area is 130 Å². The summed E-state index contributed by atoms with van der Waals surface area (Å²) in [5.74, 6) is 1.32. The van der Waals surface area contributed by atoms with Gasteiger partial charge in [0, 0.05) is 21.3 Å². The van der Waals surface area contributed by atoms with Crippen LogP contribution in [-0.4, -0.2) is 11.1 Å². The van der Waals surface area contributed by atoms with Crippen molar-refractivity contribution < 1.29 is 9.32 Å². The number of hydrogen-bond acceptors (Lipinski definition) is 4. The van der Waals surface area contributed by atoms with Gasteiger partial charge in [0.15, 0.2) is 5.82 Å². The lowest BCUT2D eigenvalue weighted by molar-refractivity contribution is 0.102. The molecule has 0 unspecified atom stereocenters. The molecule has 0 spiro atoms. The third-order valence-electron chi connectivity index (χ3n) is 2.80. The van der Waals surface area contributed by atoms with E-state index in [0.29, 0.717) is 10.7 Å². The minimum Gasteiger partial charge on any atom is -0.359 e. The highest BCUT2D eigenvalue weighted by atomic mass is 79.9. The highest BCUT2D eigenvalue weighted by Crippen LogP contribution is 2.29. The minimum atomic E-state index is -0.151. The van der Waals surface area contributed by atoms with Gasteiger partial charge in [-0.3, -0.25) is 4.79 Å². The molecule has 0 fully saturated rings. The molecular weight excluding hydrogens is 340 g/mol. The predicted molar refractivity (Wildman–Crippen MR) is 84.6 cm³/mol. The van der Waals surface area contributed by atoms with Crippen LogP contribution in [-0.2, 0) is 6.42 Å². The van der Waals surface area contributed by atoms with Crippen molar-refractivity contribution in [3.8, 4) is 0 Å². The maximum atomic E-state index is 12.2. The largest absolute Gasteiger partial charge is 0.359 e. The Morgan fingerprint density at radius 3 is 2.85 bits per heavy atom. The Morgan fingerprint density at radius 2 is 2.25 bits per heavy atom. The predicted octanol–water partition coefficient (Wildman–Crippen LogP) is 4.83. The average molecular weight is 357 g/mol. The van der Waals surface area contributed by atoms with Crippen LogP contribution >= 0.6 is 27.3 Å². The van der Waals surface area contributed by atoms with Gasteiger partial charge in [-0.05, 0) is 28.4 Å². The van der Waals surface area contributed by atoms with Crippen LogP contribution in [0, 0.1) is 0 Å². The molecule has 20 heavy (non-hydrogen) atoms.